The Morgan fingerprint density at radius 3 is 1.65 bits per heavy atom. The van der Waals surface area contributed by atoms with Gasteiger partial charge in [-0.2, -0.15) is 0 Å². The molecule has 0 N–H and O–H groups in total. The molecule has 0 spiro atoms. The van der Waals surface area contributed by atoms with E-state index in [0.29, 0.717) is 66.0 Å². The number of carbonyl (C=O) groups is 1. The van der Waals surface area contributed by atoms with E-state index in [9.17, 15) is 4.79 Å². The van der Waals surface area contributed by atoms with Gasteiger partial charge in [0.1, 0.15) is 12.2 Å². The third-order valence-corrected chi connectivity index (χ3v) is 2.53. The molecule has 0 fully saturated rings. The first kappa shape index (κ1) is 24.6. The van der Waals surface area contributed by atoms with E-state index in [1.807, 2.05) is 0 Å². The maximum absolute atomic E-state index is 11.4. The fraction of sp³-hybridized carbons (Fsp3) is 0.938. The second kappa shape index (κ2) is 17.0. The number of ether oxygens (including phenoxy) is 6. The van der Waals surface area contributed by atoms with Crippen LogP contribution >= 0.6 is 0 Å². The van der Waals surface area contributed by atoms with E-state index in [1.165, 1.54) is 0 Å². The summed E-state index contributed by atoms with van der Waals surface area (Å²) in [4.78, 5) is 14.0. The lowest BCUT2D eigenvalue weighted by atomic mass is 10.2. The van der Waals surface area contributed by atoms with E-state index in [0.717, 1.165) is 0 Å². The molecule has 0 rings (SSSR count). The fourth-order valence-electron chi connectivity index (χ4n) is 1.56. The second-order valence-corrected chi connectivity index (χ2v) is 6.04. The zero-order valence-corrected chi connectivity index (χ0v) is 16.0. The highest BCUT2D eigenvalue weighted by molar-refractivity contribution is 5.71. The van der Waals surface area contributed by atoms with Crippen LogP contribution in [-0.4, -0.2) is 84.2 Å². The van der Waals surface area contributed by atoms with Gasteiger partial charge >= 0.3 is 5.97 Å². The molecule has 0 aliphatic rings. The van der Waals surface area contributed by atoms with Crippen LogP contribution in [0.15, 0.2) is 5.11 Å². The van der Waals surface area contributed by atoms with E-state index < -0.39 is 5.60 Å². The zero-order chi connectivity index (χ0) is 19.5. The molecule has 0 saturated carbocycles. The second-order valence-electron chi connectivity index (χ2n) is 6.04. The number of rotatable bonds is 17. The van der Waals surface area contributed by atoms with Crippen LogP contribution < -0.4 is 0 Å². The number of hydrogen-bond acceptors (Lipinski definition) is 8. The van der Waals surface area contributed by atoms with Crippen LogP contribution in [0.5, 0.6) is 0 Å². The summed E-state index contributed by atoms with van der Waals surface area (Å²) in [5.41, 5.74) is 7.57. The summed E-state index contributed by atoms with van der Waals surface area (Å²) < 4.78 is 31.4. The highest BCUT2D eigenvalue weighted by atomic mass is 16.6. The average Bonchev–Trinajstić information content (AvgIpc) is 2.56. The predicted molar refractivity (Wildman–Crippen MR) is 94.0 cm³/mol. The molecule has 0 heterocycles. The van der Waals surface area contributed by atoms with Crippen LogP contribution in [0, 0.1) is 0 Å². The van der Waals surface area contributed by atoms with Crippen LogP contribution in [0.4, 0.5) is 0 Å². The highest BCUT2D eigenvalue weighted by Gasteiger charge is 2.15. The van der Waals surface area contributed by atoms with Gasteiger partial charge in [-0.05, 0) is 26.3 Å². The minimum atomic E-state index is -0.502. The van der Waals surface area contributed by atoms with Crippen molar-refractivity contribution in [2.24, 2.45) is 5.11 Å². The van der Waals surface area contributed by atoms with Gasteiger partial charge < -0.3 is 28.4 Å². The van der Waals surface area contributed by atoms with E-state index in [4.69, 9.17) is 34.0 Å². The highest BCUT2D eigenvalue weighted by Crippen LogP contribution is 2.06. The Labute approximate surface area is 154 Å². The van der Waals surface area contributed by atoms with Crippen molar-refractivity contribution >= 4 is 5.97 Å². The molecule has 0 saturated heterocycles. The number of carbonyl (C=O) groups excluding carboxylic acids is 1. The van der Waals surface area contributed by atoms with Gasteiger partial charge in [0.15, 0.2) is 0 Å². The number of hydrogen-bond donors (Lipinski definition) is 0. The topological polar surface area (TPSA) is 121 Å². The molecule has 0 aliphatic carbocycles. The molecule has 0 aliphatic heterocycles. The molecule has 0 unspecified atom stereocenters. The minimum Gasteiger partial charge on any atom is -0.458 e. The van der Waals surface area contributed by atoms with Gasteiger partial charge in [-0.25, -0.2) is 4.79 Å². The first-order valence-electron chi connectivity index (χ1n) is 8.57. The fourth-order valence-corrected chi connectivity index (χ4v) is 1.56. The lowest BCUT2D eigenvalue weighted by molar-refractivity contribution is -0.160. The van der Waals surface area contributed by atoms with Crippen molar-refractivity contribution in [3.63, 3.8) is 0 Å². The summed E-state index contributed by atoms with van der Waals surface area (Å²) in [7, 11) is 0. The molecule has 0 aromatic carbocycles. The maximum Gasteiger partial charge on any atom is 0.332 e. The van der Waals surface area contributed by atoms with Crippen molar-refractivity contribution < 1.29 is 33.2 Å². The van der Waals surface area contributed by atoms with E-state index in [2.05, 4.69) is 10.0 Å². The first-order chi connectivity index (χ1) is 12.5. The summed E-state index contributed by atoms with van der Waals surface area (Å²) in [5, 5.41) is 3.35. The van der Waals surface area contributed by atoms with Crippen LogP contribution in [-0.2, 0) is 33.2 Å². The van der Waals surface area contributed by atoms with Crippen molar-refractivity contribution in [3.05, 3.63) is 10.4 Å². The normalized spacial score (nSPS) is 11.2. The minimum absolute atomic E-state index is 0.0796. The third kappa shape index (κ3) is 20.6. The molecule has 0 bridgehead atoms. The van der Waals surface area contributed by atoms with E-state index >= 15 is 0 Å². The van der Waals surface area contributed by atoms with Gasteiger partial charge in [0, 0.05) is 11.5 Å². The number of nitrogens with zero attached hydrogens (tertiary/aromatic N) is 3. The lowest BCUT2D eigenvalue weighted by Crippen LogP contribution is -2.27. The largest absolute Gasteiger partial charge is 0.458 e. The van der Waals surface area contributed by atoms with Gasteiger partial charge in [-0.3, -0.25) is 0 Å². The standard InChI is InChI=1S/C16H31N3O7/c1-16(2,3)26-15(20)14-25-13-12-24-11-10-23-9-8-22-7-6-21-5-4-18-19-17/h4-14H2,1-3H3. The van der Waals surface area contributed by atoms with Crippen molar-refractivity contribution in [2.75, 3.05) is 72.6 Å². The summed E-state index contributed by atoms with van der Waals surface area (Å²) in [5.74, 6) is -0.387. The lowest BCUT2D eigenvalue weighted by Gasteiger charge is -2.19. The van der Waals surface area contributed by atoms with Crippen molar-refractivity contribution in [1.82, 2.24) is 0 Å². The SMILES string of the molecule is CC(C)(C)OC(=O)COCCOCCOCCOCCOCCN=[N+]=[N-]. The van der Waals surface area contributed by atoms with E-state index in [1.54, 1.807) is 20.8 Å². The van der Waals surface area contributed by atoms with Crippen molar-refractivity contribution in [2.45, 2.75) is 26.4 Å². The quantitative estimate of drug-likeness (QED) is 0.124. The van der Waals surface area contributed by atoms with Gasteiger partial charge in [0.25, 0.3) is 0 Å². The molecule has 0 radical (unpaired) electrons. The van der Waals surface area contributed by atoms with Crippen molar-refractivity contribution in [1.29, 1.82) is 0 Å². The molecule has 0 aromatic rings. The predicted octanol–water partition coefficient (Wildman–Crippen LogP) is 1.72. The summed E-state index contributed by atoms with van der Waals surface area (Å²) in [6.45, 7) is 9.52. The van der Waals surface area contributed by atoms with Gasteiger partial charge in [0.2, 0.25) is 0 Å². The summed E-state index contributed by atoms with van der Waals surface area (Å²) in [6, 6.07) is 0. The van der Waals surface area contributed by atoms with Crippen LogP contribution in [0.3, 0.4) is 0 Å². The maximum atomic E-state index is 11.4. The Morgan fingerprint density at radius 1 is 0.808 bits per heavy atom. The molecule has 0 amide bonds. The van der Waals surface area contributed by atoms with Gasteiger partial charge in [-0.1, -0.05) is 5.11 Å². The number of esters is 1. The summed E-state index contributed by atoms with van der Waals surface area (Å²) in [6.07, 6.45) is 0. The molecule has 0 aromatic heterocycles. The Balaban J connectivity index is 3.16. The Hall–Kier alpha value is -1.42. The molecule has 152 valence electrons. The van der Waals surface area contributed by atoms with Crippen LogP contribution in [0.2, 0.25) is 0 Å². The molecular weight excluding hydrogens is 346 g/mol. The average molecular weight is 377 g/mol. The van der Waals surface area contributed by atoms with Crippen LogP contribution in [0.1, 0.15) is 20.8 Å². The Morgan fingerprint density at radius 2 is 1.23 bits per heavy atom. The Kier molecular flexibility index (Phi) is 16.1. The molecule has 26 heavy (non-hydrogen) atoms. The third-order valence-electron chi connectivity index (χ3n) is 2.53. The molecule has 10 heteroatoms. The monoisotopic (exact) mass is 377 g/mol. The van der Waals surface area contributed by atoms with Crippen molar-refractivity contribution in [3.8, 4) is 0 Å². The smallest absolute Gasteiger partial charge is 0.332 e. The molecular formula is C16H31N3O7. The van der Waals surface area contributed by atoms with Crippen LogP contribution in [0.25, 0.3) is 10.4 Å². The Bertz CT molecular complexity index is 396. The molecule has 0 atom stereocenters. The van der Waals surface area contributed by atoms with E-state index in [-0.39, 0.29) is 12.6 Å². The molecule has 10 nitrogen and oxygen atoms in total. The first-order valence-corrected chi connectivity index (χ1v) is 8.57. The number of azide groups is 1. The van der Waals surface area contributed by atoms with Gasteiger partial charge in [-0.15, -0.1) is 0 Å². The van der Waals surface area contributed by atoms with Gasteiger partial charge in [0.05, 0.1) is 59.5 Å². The zero-order valence-electron chi connectivity index (χ0n) is 16.0. The summed E-state index contributed by atoms with van der Waals surface area (Å²) >= 11 is 0.